The molecule has 76 valence electrons. The molecule has 1 aromatic rings. The lowest BCUT2D eigenvalue weighted by Gasteiger charge is -2.09. The summed E-state index contributed by atoms with van der Waals surface area (Å²) in [6.45, 7) is 4.03. The first-order valence-electron chi connectivity index (χ1n) is 4.13. The lowest BCUT2D eigenvalue weighted by molar-refractivity contribution is 0.0782. The van der Waals surface area contributed by atoms with E-state index in [2.05, 4.69) is 36.0 Å². The van der Waals surface area contributed by atoms with Gasteiger partial charge in [0.05, 0.1) is 5.56 Å². The molecule has 0 heterocycles. The van der Waals surface area contributed by atoms with Gasteiger partial charge >= 0.3 is 5.97 Å². The van der Waals surface area contributed by atoms with Gasteiger partial charge in [-0.3, -0.25) is 0 Å². The fraction of sp³-hybridized carbons (Fsp3) is 0.300. The van der Waals surface area contributed by atoms with Crippen molar-refractivity contribution in [3.63, 3.8) is 0 Å². The Kier molecular flexibility index (Phi) is 4.13. The molecule has 1 rings (SSSR count). The number of rotatable bonds is 2. The van der Waals surface area contributed by atoms with Crippen LogP contribution in [0.4, 0.5) is 0 Å². The van der Waals surface area contributed by atoms with Crippen LogP contribution in [0.15, 0.2) is 18.2 Å². The summed E-state index contributed by atoms with van der Waals surface area (Å²) in [5.41, 5.74) is 2.80. The third-order valence-electron chi connectivity index (χ3n) is 2.01. The van der Waals surface area contributed by atoms with Crippen molar-refractivity contribution in [3.05, 3.63) is 34.9 Å². The lowest BCUT2D eigenvalue weighted by Crippen LogP contribution is -2.00. The van der Waals surface area contributed by atoms with Gasteiger partial charge in [0.15, 0.2) is 16.3 Å². The number of carbonyl (C=O) groups is 1. The average Bonchev–Trinajstić information content (AvgIpc) is 2.17. The minimum absolute atomic E-state index is 0.227. The van der Waals surface area contributed by atoms with Gasteiger partial charge in [-0.15, -0.1) is 0 Å². The number of hydrogen-bond donors (Lipinski definition) is 0. The number of alkyl halides is 1. The second-order valence-electron chi connectivity index (χ2n) is 3.05. The SMILES string of the molecule is Cc1ccc(C(=O)OBr)cc1C(C)Br. The van der Waals surface area contributed by atoms with E-state index < -0.39 is 0 Å². The zero-order chi connectivity index (χ0) is 10.7. The first kappa shape index (κ1) is 11.7. The van der Waals surface area contributed by atoms with Crippen LogP contribution in [0.3, 0.4) is 0 Å². The van der Waals surface area contributed by atoms with Crippen LogP contribution in [0.5, 0.6) is 0 Å². The van der Waals surface area contributed by atoms with Crippen molar-refractivity contribution in [3.8, 4) is 0 Å². The van der Waals surface area contributed by atoms with Crippen molar-refractivity contribution in [1.82, 2.24) is 0 Å². The summed E-state index contributed by atoms with van der Waals surface area (Å²) in [6, 6.07) is 5.49. The third-order valence-corrected chi connectivity index (χ3v) is 2.80. The van der Waals surface area contributed by atoms with Crippen LogP contribution in [0.2, 0.25) is 0 Å². The molecule has 0 saturated heterocycles. The molecule has 2 nitrogen and oxygen atoms in total. The molecule has 0 saturated carbocycles. The van der Waals surface area contributed by atoms with Gasteiger partial charge in [0.25, 0.3) is 0 Å². The van der Waals surface area contributed by atoms with E-state index in [-0.39, 0.29) is 10.8 Å². The molecule has 0 aliphatic rings. The molecule has 1 atom stereocenters. The molecule has 1 unspecified atom stereocenters. The van der Waals surface area contributed by atoms with Gasteiger partial charge in [-0.1, -0.05) is 22.0 Å². The average molecular weight is 322 g/mol. The normalized spacial score (nSPS) is 12.3. The summed E-state index contributed by atoms with van der Waals surface area (Å²) >= 11 is 6.15. The molecule has 4 heteroatoms. The molecule has 14 heavy (non-hydrogen) atoms. The molecular weight excluding hydrogens is 312 g/mol. The van der Waals surface area contributed by atoms with Crippen LogP contribution in [-0.4, -0.2) is 5.97 Å². The van der Waals surface area contributed by atoms with Crippen LogP contribution in [0.1, 0.15) is 33.2 Å². The predicted molar refractivity (Wildman–Crippen MR) is 62.9 cm³/mol. The first-order valence-corrected chi connectivity index (χ1v) is 5.70. The van der Waals surface area contributed by atoms with Gasteiger partial charge in [0.1, 0.15) is 0 Å². The Labute approximate surface area is 100 Å². The Morgan fingerprint density at radius 1 is 1.50 bits per heavy atom. The van der Waals surface area contributed by atoms with Gasteiger partial charge in [0, 0.05) is 4.83 Å². The monoisotopic (exact) mass is 320 g/mol. The van der Waals surface area contributed by atoms with Crippen molar-refractivity contribution < 1.29 is 8.62 Å². The highest BCUT2D eigenvalue weighted by Crippen LogP contribution is 2.26. The molecule has 0 radical (unpaired) electrons. The van der Waals surface area contributed by atoms with Crippen molar-refractivity contribution >= 4 is 38.2 Å². The van der Waals surface area contributed by atoms with Crippen molar-refractivity contribution in [1.29, 1.82) is 0 Å². The molecular formula is C10H10Br2O2. The van der Waals surface area contributed by atoms with Crippen LogP contribution in [0.25, 0.3) is 0 Å². The smallest absolute Gasteiger partial charge is 0.349 e. The summed E-state index contributed by atoms with van der Waals surface area (Å²) in [5, 5.41) is 0. The van der Waals surface area contributed by atoms with E-state index >= 15 is 0 Å². The van der Waals surface area contributed by atoms with E-state index in [9.17, 15) is 4.79 Å². The molecule has 0 fully saturated rings. The van der Waals surface area contributed by atoms with Crippen LogP contribution in [0, 0.1) is 6.92 Å². The third kappa shape index (κ3) is 2.58. The summed E-state index contributed by atoms with van der Waals surface area (Å²) in [6.07, 6.45) is 0. The van der Waals surface area contributed by atoms with E-state index in [1.165, 1.54) is 0 Å². The highest BCUT2D eigenvalue weighted by Gasteiger charge is 2.11. The van der Waals surface area contributed by atoms with Gasteiger partial charge in [-0.05, 0) is 37.1 Å². The number of aryl methyl sites for hydroxylation is 1. The lowest BCUT2D eigenvalue weighted by atomic mass is 10.0. The van der Waals surface area contributed by atoms with Gasteiger partial charge in [-0.25, -0.2) is 4.79 Å². The zero-order valence-electron chi connectivity index (χ0n) is 7.88. The number of benzene rings is 1. The molecule has 0 bridgehead atoms. The highest BCUT2D eigenvalue weighted by molar-refractivity contribution is 9.09. The van der Waals surface area contributed by atoms with E-state index in [0.717, 1.165) is 11.1 Å². The molecule has 0 amide bonds. The van der Waals surface area contributed by atoms with E-state index in [0.29, 0.717) is 5.56 Å². The Hall–Kier alpha value is -0.350. The maximum atomic E-state index is 11.2. The fourth-order valence-electron chi connectivity index (χ4n) is 1.24. The molecule has 0 aliphatic carbocycles. The summed E-state index contributed by atoms with van der Waals surface area (Å²) in [4.78, 5) is 11.4. The summed E-state index contributed by atoms with van der Waals surface area (Å²) in [5.74, 6) is -0.376. The Bertz CT molecular complexity index is 348. The second-order valence-corrected chi connectivity index (χ2v) is 4.75. The van der Waals surface area contributed by atoms with Gasteiger partial charge < -0.3 is 3.83 Å². The Balaban J connectivity index is 3.13. The van der Waals surface area contributed by atoms with E-state index in [4.69, 9.17) is 0 Å². The van der Waals surface area contributed by atoms with Crippen LogP contribution < -0.4 is 0 Å². The molecule has 0 aromatic heterocycles. The van der Waals surface area contributed by atoms with Crippen LogP contribution >= 0.6 is 32.2 Å². The highest BCUT2D eigenvalue weighted by atomic mass is 79.9. The molecule has 0 spiro atoms. The fourth-order valence-corrected chi connectivity index (χ4v) is 1.92. The van der Waals surface area contributed by atoms with Crippen molar-refractivity contribution in [2.45, 2.75) is 18.7 Å². The zero-order valence-corrected chi connectivity index (χ0v) is 11.1. The van der Waals surface area contributed by atoms with Crippen molar-refractivity contribution in [2.24, 2.45) is 0 Å². The van der Waals surface area contributed by atoms with Crippen LogP contribution in [-0.2, 0) is 3.83 Å². The maximum absolute atomic E-state index is 11.2. The first-order chi connectivity index (χ1) is 6.56. The largest absolute Gasteiger partial charge is 0.380 e. The molecule has 1 aromatic carbocycles. The van der Waals surface area contributed by atoms with Crippen molar-refractivity contribution in [2.75, 3.05) is 0 Å². The van der Waals surface area contributed by atoms with E-state index in [1.807, 2.05) is 26.0 Å². The molecule has 0 N–H and O–H groups in total. The minimum Gasteiger partial charge on any atom is -0.380 e. The topological polar surface area (TPSA) is 26.3 Å². The Morgan fingerprint density at radius 3 is 2.64 bits per heavy atom. The number of carbonyl (C=O) groups excluding carboxylic acids is 1. The molecule has 0 aliphatic heterocycles. The number of hydrogen-bond acceptors (Lipinski definition) is 2. The van der Waals surface area contributed by atoms with Gasteiger partial charge in [-0.2, -0.15) is 0 Å². The van der Waals surface area contributed by atoms with E-state index in [1.54, 1.807) is 6.07 Å². The number of halogens is 2. The predicted octanol–water partition coefficient (Wildman–Crippen LogP) is 3.92. The quantitative estimate of drug-likeness (QED) is 0.772. The summed E-state index contributed by atoms with van der Waals surface area (Å²) < 4.78 is 4.47. The minimum atomic E-state index is -0.376. The maximum Gasteiger partial charge on any atom is 0.349 e. The summed E-state index contributed by atoms with van der Waals surface area (Å²) in [7, 11) is 0. The van der Waals surface area contributed by atoms with Gasteiger partial charge in [0.2, 0.25) is 0 Å². The standard InChI is InChI=1S/C10H10Br2O2/c1-6-3-4-8(10(13)14-12)5-9(6)7(2)11/h3-5,7H,1-2H3. The second kappa shape index (κ2) is 4.94. The Morgan fingerprint density at radius 2 is 2.14 bits per heavy atom.